The van der Waals surface area contributed by atoms with Crippen molar-refractivity contribution in [2.75, 3.05) is 0 Å². The molecule has 1 unspecified atom stereocenters. The Labute approximate surface area is 123 Å². The van der Waals surface area contributed by atoms with E-state index in [2.05, 4.69) is 16.0 Å². The van der Waals surface area contributed by atoms with Gasteiger partial charge in [-0.3, -0.25) is 0 Å². The van der Waals surface area contributed by atoms with Gasteiger partial charge < -0.3 is 4.74 Å². The van der Waals surface area contributed by atoms with Gasteiger partial charge in [0.25, 0.3) is 0 Å². The summed E-state index contributed by atoms with van der Waals surface area (Å²) in [5.74, 6) is 0.768. The highest BCUT2D eigenvalue weighted by atomic mass is 16.5. The van der Waals surface area contributed by atoms with Crippen molar-refractivity contribution >= 4 is 0 Å². The number of aromatic nitrogens is 2. The Kier molecular flexibility index (Phi) is 8.02. The molecule has 0 amide bonds. The first-order chi connectivity index (χ1) is 9.57. The van der Waals surface area contributed by atoms with Crippen molar-refractivity contribution in [3.63, 3.8) is 0 Å². The fourth-order valence-electron chi connectivity index (χ4n) is 2.13. The normalized spacial score (nSPS) is 18.9. The van der Waals surface area contributed by atoms with E-state index < -0.39 is 5.60 Å². The van der Waals surface area contributed by atoms with Gasteiger partial charge >= 0.3 is 0 Å². The van der Waals surface area contributed by atoms with Crippen LogP contribution in [-0.4, -0.2) is 9.97 Å². The van der Waals surface area contributed by atoms with E-state index in [-0.39, 0.29) is 0 Å². The van der Waals surface area contributed by atoms with Crippen molar-refractivity contribution in [2.24, 2.45) is 0 Å². The minimum absolute atomic E-state index is 0.413. The zero-order valence-electron chi connectivity index (χ0n) is 13.9. The van der Waals surface area contributed by atoms with E-state index in [1.165, 1.54) is 0 Å². The van der Waals surface area contributed by atoms with Crippen LogP contribution in [0.25, 0.3) is 0 Å². The smallest absolute Gasteiger partial charge is 0.125 e. The van der Waals surface area contributed by atoms with Crippen molar-refractivity contribution < 1.29 is 4.74 Å². The lowest BCUT2D eigenvalue weighted by atomic mass is 9.94. The van der Waals surface area contributed by atoms with Crippen molar-refractivity contribution in [1.82, 2.24) is 9.97 Å². The second kappa shape index (κ2) is 8.65. The van der Waals surface area contributed by atoms with Crippen LogP contribution in [0.2, 0.25) is 0 Å². The Bertz CT molecular complexity index is 466. The molecule has 4 nitrogen and oxygen atoms in total. The van der Waals surface area contributed by atoms with Crippen molar-refractivity contribution in [3.8, 4) is 6.07 Å². The molecule has 0 aromatic carbocycles. The molecular weight excluding hydrogens is 250 g/mol. The highest BCUT2D eigenvalue weighted by Crippen LogP contribution is 2.39. The highest BCUT2D eigenvalue weighted by Gasteiger charge is 2.38. The maximum absolute atomic E-state index is 8.66. The van der Waals surface area contributed by atoms with Crippen molar-refractivity contribution in [2.45, 2.75) is 73.5 Å². The second-order valence-electron chi connectivity index (χ2n) is 4.36. The van der Waals surface area contributed by atoms with Crippen LogP contribution in [0.4, 0.5) is 0 Å². The van der Waals surface area contributed by atoms with Crippen LogP contribution < -0.4 is 0 Å². The monoisotopic (exact) mass is 277 g/mol. The van der Waals surface area contributed by atoms with E-state index in [4.69, 9.17) is 10.00 Å². The molecule has 1 aliphatic heterocycles. The predicted molar refractivity (Wildman–Crippen MR) is 81.2 cm³/mol. The highest BCUT2D eigenvalue weighted by molar-refractivity contribution is 5.32. The van der Waals surface area contributed by atoms with Crippen LogP contribution >= 0.6 is 0 Å². The first-order valence-corrected chi connectivity index (χ1v) is 7.42. The lowest BCUT2D eigenvalue weighted by molar-refractivity contribution is -0.0308. The molecule has 4 heteroatoms. The van der Waals surface area contributed by atoms with E-state index in [1.807, 2.05) is 48.5 Å². The molecule has 0 spiro atoms. The van der Waals surface area contributed by atoms with Gasteiger partial charge in [0.05, 0.1) is 18.4 Å². The Balaban J connectivity index is 0.000000829. The van der Waals surface area contributed by atoms with E-state index >= 15 is 0 Å². The molecule has 2 rings (SSSR count). The average Bonchev–Trinajstić information content (AvgIpc) is 2.79. The topological polar surface area (TPSA) is 58.8 Å². The van der Waals surface area contributed by atoms with Gasteiger partial charge in [-0.2, -0.15) is 5.26 Å². The molecule has 0 N–H and O–H groups in total. The summed E-state index contributed by atoms with van der Waals surface area (Å²) in [5, 5.41) is 8.66. The number of nitrogens with zero attached hydrogens (tertiary/aromatic N) is 3. The lowest BCUT2D eigenvalue weighted by Crippen LogP contribution is -2.22. The first-order valence-electron chi connectivity index (χ1n) is 7.42. The molecule has 1 atom stereocenters. The molecule has 0 fully saturated rings. The number of aryl methyl sites for hydroxylation is 2. The third-order valence-electron chi connectivity index (χ3n) is 3.08. The van der Waals surface area contributed by atoms with Gasteiger partial charge in [-0.25, -0.2) is 9.97 Å². The Morgan fingerprint density at radius 2 is 1.80 bits per heavy atom. The number of hydrogen-bond donors (Lipinski definition) is 0. The summed E-state index contributed by atoms with van der Waals surface area (Å²) >= 11 is 0. The van der Waals surface area contributed by atoms with E-state index in [9.17, 15) is 0 Å². The molecule has 0 saturated carbocycles. The van der Waals surface area contributed by atoms with Gasteiger partial charge in [0.15, 0.2) is 0 Å². The molecule has 0 bridgehead atoms. The summed E-state index contributed by atoms with van der Waals surface area (Å²) in [5.41, 5.74) is 2.63. The quantitative estimate of drug-likeness (QED) is 0.813. The zero-order chi connectivity index (χ0) is 15.8. The van der Waals surface area contributed by atoms with Gasteiger partial charge in [-0.05, 0) is 27.2 Å². The minimum Gasteiger partial charge on any atom is -0.364 e. The lowest BCUT2D eigenvalue weighted by Gasteiger charge is -2.22. The first kappa shape index (κ1) is 18.5. The largest absolute Gasteiger partial charge is 0.364 e. The number of fused-ring (bicyclic) bond motifs is 1. The van der Waals surface area contributed by atoms with Crippen molar-refractivity contribution in [3.05, 3.63) is 22.8 Å². The van der Waals surface area contributed by atoms with Gasteiger partial charge in [0, 0.05) is 17.7 Å². The van der Waals surface area contributed by atoms with Crippen LogP contribution in [-0.2, 0) is 16.9 Å². The van der Waals surface area contributed by atoms with Gasteiger partial charge in [0.2, 0.25) is 0 Å². The van der Waals surface area contributed by atoms with Crippen LogP contribution in [0.15, 0.2) is 0 Å². The Morgan fingerprint density at radius 3 is 2.35 bits per heavy atom. The average molecular weight is 277 g/mol. The summed E-state index contributed by atoms with van der Waals surface area (Å²) in [7, 11) is 0. The van der Waals surface area contributed by atoms with E-state index in [0.29, 0.717) is 19.4 Å². The number of ether oxygens (including phenoxy) is 1. The summed E-state index contributed by atoms with van der Waals surface area (Å²) < 4.78 is 5.80. The van der Waals surface area contributed by atoms with E-state index in [0.717, 1.165) is 22.8 Å². The fourth-order valence-corrected chi connectivity index (χ4v) is 2.13. The van der Waals surface area contributed by atoms with Crippen LogP contribution in [0.1, 0.15) is 70.2 Å². The third kappa shape index (κ3) is 4.01. The molecule has 1 aliphatic rings. The molecular formula is C16H27N3O. The molecule has 2 heterocycles. The number of nitriles is 1. The zero-order valence-corrected chi connectivity index (χ0v) is 13.9. The fraction of sp³-hybridized carbons (Fsp3) is 0.688. The van der Waals surface area contributed by atoms with Gasteiger partial charge in [-0.1, -0.05) is 27.7 Å². The standard InChI is InChI=1S/C12H15N3O.2C2H6/c1-8-10-7-16-12(3,5-4-6-13)11(10)15-9(2)14-8;2*1-2/h4-5,7H2,1-3H3;2*1-2H3. The summed E-state index contributed by atoms with van der Waals surface area (Å²) in [6, 6.07) is 2.16. The molecule has 1 aromatic heterocycles. The molecule has 0 aliphatic carbocycles. The predicted octanol–water partition coefficient (Wildman–Crippen LogP) is 4.20. The summed E-state index contributed by atoms with van der Waals surface area (Å²) in [6.45, 7) is 14.4. The van der Waals surface area contributed by atoms with E-state index in [1.54, 1.807) is 0 Å². The molecule has 0 radical (unpaired) electrons. The third-order valence-corrected chi connectivity index (χ3v) is 3.08. The number of hydrogen-bond acceptors (Lipinski definition) is 4. The minimum atomic E-state index is -0.413. The second-order valence-corrected chi connectivity index (χ2v) is 4.36. The molecule has 0 saturated heterocycles. The number of rotatable bonds is 2. The summed E-state index contributed by atoms with van der Waals surface area (Å²) in [4.78, 5) is 8.81. The van der Waals surface area contributed by atoms with Crippen LogP contribution in [0.3, 0.4) is 0 Å². The molecule has 1 aromatic rings. The van der Waals surface area contributed by atoms with Gasteiger partial charge in [0.1, 0.15) is 11.4 Å². The van der Waals surface area contributed by atoms with Crippen molar-refractivity contribution in [1.29, 1.82) is 5.26 Å². The maximum Gasteiger partial charge on any atom is 0.125 e. The Hall–Kier alpha value is -1.47. The molecule has 112 valence electrons. The van der Waals surface area contributed by atoms with Crippen LogP contribution in [0.5, 0.6) is 0 Å². The van der Waals surface area contributed by atoms with Crippen LogP contribution in [0, 0.1) is 25.2 Å². The molecule has 20 heavy (non-hydrogen) atoms. The summed E-state index contributed by atoms with van der Waals surface area (Å²) in [6.07, 6.45) is 1.17. The SMILES string of the molecule is CC.CC.Cc1nc(C)c2c(n1)C(C)(CCC#N)OC2. The maximum atomic E-state index is 8.66. The van der Waals surface area contributed by atoms with Gasteiger partial charge in [-0.15, -0.1) is 0 Å². The Morgan fingerprint density at radius 1 is 1.20 bits per heavy atom.